The van der Waals surface area contributed by atoms with Crippen LogP contribution in [0.5, 0.6) is 0 Å². The van der Waals surface area contributed by atoms with Gasteiger partial charge in [-0.3, -0.25) is 0 Å². The SMILES string of the molecule is CCC(O)CC(C)(C)CO.CCC1=CC=CC(C)(C)C1.OCCO. The number of aliphatic hydroxyl groups excluding tert-OH is 4. The molecule has 1 rings (SSSR count). The zero-order chi connectivity index (χ0) is 19.2. The molecule has 0 bridgehead atoms. The van der Waals surface area contributed by atoms with Gasteiger partial charge in [0.15, 0.2) is 0 Å². The van der Waals surface area contributed by atoms with Crippen LogP contribution >= 0.6 is 0 Å². The van der Waals surface area contributed by atoms with Crippen molar-refractivity contribution in [3.05, 3.63) is 23.8 Å². The molecule has 0 fully saturated rings. The van der Waals surface area contributed by atoms with Gasteiger partial charge in [-0.05, 0) is 36.5 Å². The van der Waals surface area contributed by atoms with E-state index in [4.69, 9.17) is 15.3 Å². The van der Waals surface area contributed by atoms with Crippen molar-refractivity contribution in [1.82, 2.24) is 0 Å². The van der Waals surface area contributed by atoms with Crippen LogP contribution in [0, 0.1) is 10.8 Å². The summed E-state index contributed by atoms with van der Waals surface area (Å²) >= 11 is 0. The fourth-order valence-electron chi connectivity index (χ4n) is 2.24. The van der Waals surface area contributed by atoms with Gasteiger partial charge >= 0.3 is 0 Å². The first kappa shape index (κ1) is 25.6. The third-order valence-electron chi connectivity index (χ3n) is 3.80. The highest BCUT2D eigenvalue weighted by molar-refractivity contribution is 5.22. The average Bonchev–Trinajstić information content (AvgIpc) is 2.54. The third kappa shape index (κ3) is 14.9. The van der Waals surface area contributed by atoms with E-state index in [1.165, 1.54) is 12.8 Å². The predicted molar refractivity (Wildman–Crippen MR) is 102 cm³/mol. The van der Waals surface area contributed by atoms with Gasteiger partial charge in [-0.1, -0.05) is 65.3 Å². The van der Waals surface area contributed by atoms with Crippen molar-refractivity contribution in [2.75, 3.05) is 19.8 Å². The van der Waals surface area contributed by atoms with Crippen molar-refractivity contribution in [3.8, 4) is 0 Å². The monoisotopic (exact) mass is 344 g/mol. The molecule has 1 atom stereocenters. The normalized spacial score (nSPS) is 17.0. The van der Waals surface area contributed by atoms with Crippen LogP contribution < -0.4 is 0 Å². The minimum atomic E-state index is -0.262. The maximum absolute atomic E-state index is 9.21. The first-order valence-electron chi connectivity index (χ1n) is 8.95. The van der Waals surface area contributed by atoms with E-state index in [1.807, 2.05) is 20.8 Å². The third-order valence-corrected chi connectivity index (χ3v) is 3.80. The minimum absolute atomic E-state index is 0.125. The van der Waals surface area contributed by atoms with Gasteiger partial charge in [0.1, 0.15) is 0 Å². The summed E-state index contributed by atoms with van der Waals surface area (Å²) < 4.78 is 0. The van der Waals surface area contributed by atoms with Gasteiger partial charge in [0.2, 0.25) is 0 Å². The summed E-state index contributed by atoms with van der Waals surface area (Å²) in [6.45, 7) is 12.5. The van der Waals surface area contributed by atoms with E-state index >= 15 is 0 Å². The van der Waals surface area contributed by atoms with Gasteiger partial charge in [0, 0.05) is 6.61 Å². The Morgan fingerprint density at radius 1 is 1.12 bits per heavy atom. The summed E-state index contributed by atoms with van der Waals surface area (Å²) in [4.78, 5) is 0. The molecule has 0 amide bonds. The smallest absolute Gasteiger partial charge is 0.0662 e. The van der Waals surface area contributed by atoms with Crippen molar-refractivity contribution in [3.63, 3.8) is 0 Å². The first-order chi connectivity index (χ1) is 11.1. The summed E-state index contributed by atoms with van der Waals surface area (Å²) in [5.41, 5.74) is 1.85. The molecule has 0 saturated carbocycles. The van der Waals surface area contributed by atoms with E-state index in [0.29, 0.717) is 11.8 Å². The van der Waals surface area contributed by atoms with Crippen LogP contribution in [0.3, 0.4) is 0 Å². The summed E-state index contributed by atoms with van der Waals surface area (Å²) in [5, 5.41) is 33.3. The summed E-state index contributed by atoms with van der Waals surface area (Å²) in [7, 11) is 0. The van der Waals surface area contributed by atoms with Crippen molar-refractivity contribution in [1.29, 1.82) is 0 Å². The van der Waals surface area contributed by atoms with Crippen LogP contribution in [0.4, 0.5) is 0 Å². The molecule has 4 heteroatoms. The molecule has 1 aliphatic rings. The summed E-state index contributed by atoms with van der Waals surface area (Å²) in [6, 6.07) is 0. The maximum atomic E-state index is 9.21. The fraction of sp³-hybridized carbons (Fsp3) is 0.800. The lowest BCUT2D eigenvalue weighted by Crippen LogP contribution is -2.23. The van der Waals surface area contributed by atoms with Gasteiger partial charge in [-0.2, -0.15) is 0 Å². The average molecular weight is 345 g/mol. The number of hydrogen-bond donors (Lipinski definition) is 4. The van der Waals surface area contributed by atoms with Crippen LogP contribution in [0.2, 0.25) is 0 Å². The molecule has 144 valence electrons. The number of rotatable bonds is 6. The zero-order valence-electron chi connectivity index (χ0n) is 16.5. The van der Waals surface area contributed by atoms with Crippen LogP contribution in [0.1, 0.15) is 67.2 Å². The Morgan fingerprint density at radius 2 is 1.67 bits per heavy atom. The molecule has 0 aromatic carbocycles. The van der Waals surface area contributed by atoms with Gasteiger partial charge in [0.05, 0.1) is 19.3 Å². The lowest BCUT2D eigenvalue weighted by molar-refractivity contribution is 0.0707. The molecule has 0 radical (unpaired) electrons. The standard InChI is InChI=1S/C10H16.C8H18O2.C2H6O2/c1-4-9-6-5-7-10(2,3)8-9;1-4-7(10)5-8(2,3)6-9;3-1-2-4/h5-7H,4,8H2,1-3H3;7,9-10H,4-6H2,1-3H3;3-4H,1-2H2. The molecule has 4 N–H and O–H groups in total. The van der Waals surface area contributed by atoms with Crippen LogP contribution in [0.15, 0.2) is 23.8 Å². The second-order valence-corrected chi connectivity index (χ2v) is 7.74. The zero-order valence-corrected chi connectivity index (χ0v) is 16.5. The Hall–Kier alpha value is -0.680. The molecule has 1 unspecified atom stereocenters. The Morgan fingerprint density at radius 3 is 1.96 bits per heavy atom. The van der Waals surface area contributed by atoms with E-state index in [0.717, 1.165) is 6.42 Å². The number of aliphatic hydroxyl groups is 4. The van der Waals surface area contributed by atoms with Crippen molar-refractivity contribution in [2.24, 2.45) is 10.8 Å². The Bertz CT molecular complexity index is 355. The highest BCUT2D eigenvalue weighted by Gasteiger charge is 2.19. The minimum Gasteiger partial charge on any atom is -0.396 e. The highest BCUT2D eigenvalue weighted by Crippen LogP contribution is 2.31. The predicted octanol–water partition coefficient (Wildman–Crippen LogP) is 3.45. The second kappa shape index (κ2) is 13.6. The lowest BCUT2D eigenvalue weighted by Gasteiger charge is -2.24. The highest BCUT2D eigenvalue weighted by atomic mass is 16.3. The lowest BCUT2D eigenvalue weighted by atomic mass is 9.81. The molecule has 0 saturated heterocycles. The van der Waals surface area contributed by atoms with E-state index < -0.39 is 0 Å². The molecular formula is C20H40O4. The molecule has 4 nitrogen and oxygen atoms in total. The van der Waals surface area contributed by atoms with Gasteiger partial charge < -0.3 is 20.4 Å². The van der Waals surface area contributed by atoms with E-state index in [1.54, 1.807) is 5.57 Å². The van der Waals surface area contributed by atoms with E-state index in [9.17, 15) is 5.11 Å². The van der Waals surface area contributed by atoms with Gasteiger partial charge in [-0.25, -0.2) is 0 Å². The largest absolute Gasteiger partial charge is 0.396 e. The van der Waals surface area contributed by atoms with Crippen molar-refractivity contribution >= 4 is 0 Å². The van der Waals surface area contributed by atoms with Crippen molar-refractivity contribution in [2.45, 2.75) is 73.3 Å². The Kier molecular flexibility index (Phi) is 14.5. The van der Waals surface area contributed by atoms with E-state index in [-0.39, 0.29) is 31.3 Å². The van der Waals surface area contributed by atoms with Crippen LogP contribution in [-0.4, -0.2) is 46.4 Å². The van der Waals surface area contributed by atoms with E-state index in [2.05, 4.69) is 39.0 Å². The number of hydrogen-bond acceptors (Lipinski definition) is 4. The molecule has 0 aliphatic heterocycles. The van der Waals surface area contributed by atoms with Crippen LogP contribution in [-0.2, 0) is 0 Å². The summed E-state index contributed by atoms with van der Waals surface area (Å²) in [5.74, 6) is 0. The van der Waals surface area contributed by atoms with Crippen molar-refractivity contribution < 1.29 is 20.4 Å². The van der Waals surface area contributed by atoms with Crippen LogP contribution in [0.25, 0.3) is 0 Å². The number of allylic oxidation sites excluding steroid dienone is 4. The van der Waals surface area contributed by atoms with Gasteiger partial charge in [-0.15, -0.1) is 0 Å². The molecular weight excluding hydrogens is 304 g/mol. The summed E-state index contributed by atoms with van der Waals surface area (Å²) in [6.07, 6.45) is 10.3. The molecule has 0 aromatic rings. The van der Waals surface area contributed by atoms with Gasteiger partial charge in [0.25, 0.3) is 0 Å². The second-order valence-electron chi connectivity index (χ2n) is 7.74. The molecule has 0 aromatic heterocycles. The molecule has 0 heterocycles. The Balaban J connectivity index is 0. The molecule has 24 heavy (non-hydrogen) atoms. The Labute approximate surface area is 148 Å². The topological polar surface area (TPSA) is 80.9 Å². The molecule has 0 spiro atoms. The quantitative estimate of drug-likeness (QED) is 0.595. The first-order valence-corrected chi connectivity index (χ1v) is 8.95. The maximum Gasteiger partial charge on any atom is 0.0662 e. The molecule has 1 aliphatic carbocycles. The fourth-order valence-corrected chi connectivity index (χ4v) is 2.24.